The molecule has 2 rings (SSSR count). The highest BCUT2D eigenvalue weighted by Crippen LogP contribution is 2.36. The Labute approximate surface area is 130 Å². The Kier molecular flexibility index (Phi) is 5.61. The zero-order valence-electron chi connectivity index (χ0n) is 13.9. The second kappa shape index (κ2) is 7.24. The van der Waals surface area contributed by atoms with Crippen molar-refractivity contribution in [3.8, 4) is 0 Å². The van der Waals surface area contributed by atoms with Crippen LogP contribution >= 0.6 is 0 Å². The first-order chi connectivity index (χ1) is 10.0. The second-order valence-electron chi connectivity index (χ2n) is 7.61. The summed E-state index contributed by atoms with van der Waals surface area (Å²) in [6.07, 6.45) is 10.3. The number of carbonyl (C=O) groups is 1. The molecule has 0 spiro atoms. The van der Waals surface area contributed by atoms with Crippen molar-refractivity contribution in [1.29, 1.82) is 0 Å². The van der Waals surface area contributed by atoms with E-state index in [1.165, 1.54) is 49.7 Å². The van der Waals surface area contributed by atoms with Crippen molar-refractivity contribution < 1.29 is 4.79 Å². The van der Waals surface area contributed by atoms with Gasteiger partial charge in [-0.2, -0.15) is 0 Å². The van der Waals surface area contributed by atoms with Gasteiger partial charge in [-0.25, -0.2) is 0 Å². The van der Waals surface area contributed by atoms with Gasteiger partial charge in [0.2, 0.25) is 0 Å². The average molecular weight is 286 g/mol. The van der Waals surface area contributed by atoms with Crippen molar-refractivity contribution in [2.24, 2.45) is 11.8 Å². The molecule has 0 bridgehead atoms. The van der Waals surface area contributed by atoms with Crippen molar-refractivity contribution in [2.75, 3.05) is 0 Å². The van der Waals surface area contributed by atoms with Gasteiger partial charge in [0.25, 0.3) is 0 Å². The lowest BCUT2D eigenvalue weighted by Gasteiger charge is -2.32. The first-order valence-electron chi connectivity index (χ1n) is 8.56. The van der Waals surface area contributed by atoms with Crippen molar-refractivity contribution in [3.05, 3.63) is 35.4 Å². The van der Waals surface area contributed by atoms with E-state index in [9.17, 15) is 4.79 Å². The molecule has 0 amide bonds. The Morgan fingerprint density at radius 1 is 1.14 bits per heavy atom. The summed E-state index contributed by atoms with van der Waals surface area (Å²) < 4.78 is 0. The Morgan fingerprint density at radius 3 is 2.33 bits per heavy atom. The topological polar surface area (TPSA) is 17.1 Å². The molecule has 0 saturated heterocycles. The molecule has 0 N–H and O–H groups in total. The van der Waals surface area contributed by atoms with Gasteiger partial charge >= 0.3 is 0 Å². The third kappa shape index (κ3) is 4.69. The first-order valence-corrected chi connectivity index (χ1v) is 8.56. The molecule has 0 aliphatic heterocycles. The molecule has 0 heterocycles. The molecule has 116 valence electrons. The van der Waals surface area contributed by atoms with Gasteiger partial charge < -0.3 is 4.79 Å². The van der Waals surface area contributed by atoms with E-state index in [1.54, 1.807) is 0 Å². The fourth-order valence-corrected chi connectivity index (χ4v) is 3.74. The first kappa shape index (κ1) is 16.3. The smallest absolute Gasteiger partial charge is 0.123 e. The van der Waals surface area contributed by atoms with Crippen LogP contribution in [-0.4, -0.2) is 6.29 Å². The van der Waals surface area contributed by atoms with Crippen LogP contribution in [0.4, 0.5) is 0 Å². The second-order valence-corrected chi connectivity index (χ2v) is 7.61. The molecule has 21 heavy (non-hydrogen) atoms. The molecule has 0 radical (unpaired) electrons. The average Bonchev–Trinajstić information content (AvgIpc) is 2.48. The Balaban J connectivity index is 2.00. The zero-order valence-corrected chi connectivity index (χ0v) is 13.9. The van der Waals surface area contributed by atoms with Gasteiger partial charge in [-0.05, 0) is 35.3 Å². The standard InChI is InChI=1S/C20H30O/c1-16(15-21)13-17-9-11-19(12-10-17)20(2,3)14-18-7-5-4-6-8-18/h9-12,15-16,18H,4-8,13-14H2,1-3H3. The van der Waals surface area contributed by atoms with Crippen molar-refractivity contribution >= 4 is 6.29 Å². The van der Waals surface area contributed by atoms with Gasteiger partial charge in [0.05, 0.1) is 0 Å². The van der Waals surface area contributed by atoms with Crippen LogP contribution in [0.25, 0.3) is 0 Å². The lowest BCUT2D eigenvalue weighted by molar-refractivity contribution is -0.110. The van der Waals surface area contributed by atoms with Crippen molar-refractivity contribution in [3.63, 3.8) is 0 Å². The summed E-state index contributed by atoms with van der Waals surface area (Å²) >= 11 is 0. The molecule has 1 atom stereocenters. The molecule has 1 aliphatic rings. The molecule has 1 nitrogen and oxygen atoms in total. The fourth-order valence-electron chi connectivity index (χ4n) is 3.74. The summed E-state index contributed by atoms with van der Waals surface area (Å²) in [5.41, 5.74) is 2.97. The quantitative estimate of drug-likeness (QED) is 0.647. The maximum atomic E-state index is 10.8. The molecule has 1 aliphatic carbocycles. The lowest BCUT2D eigenvalue weighted by atomic mass is 9.73. The maximum absolute atomic E-state index is 10.8. The lowest BCUT2D eigenvalue weighted by Crippen LogP contribution is -2.23. The number of hydrogen-bond donors (Lipinski definition) is 0. The molecule has 1 heteroatoms. The van der Waals surface area contributed by atoms with Gasteiger partial charge in [-0.15, -0.1) is 0 Å². The zero-order chi connectivity index (χ0) is 15.3. The van der Waals surface area contributed by atoms with Crippen molar-refractivity contribution in [1.82, 2.24) is 0 Å². The largest absolute Gasteiger partial charge is 0.303 e. The van der Waals surface area contributed by atoms with Gasteiger partial charge in [-0.3, -0.25) is 0 Å². The van der Waals surface area contributed by atoms with Crippen LogP contribution in [0.15, 0.2) is 24.3 Å². The van der Waals surface area contributed by atoms with Gasteiger partial charge in [0.15, 0.2) is 0 Å². The summed E-state index contributed by atoms with van der Waals surface area (Å²) in [6, 6.07) is 8.96. The summed E-state index contributed by atoms with van der Waals surface area (Å²) in [6.45, 7) is 6.74. The maximum Gasteiger partial charge on any atom is 0.123 e. The predicted molar refractivity (Wildman–Crippen MR) is 89.6 cm³/mol. The van der Waals surface area contributed by atoms with E-state index in [0.717, 1.165) is 18.6 Å². The number of rotatable bonds is 6. The van der Waals surface area contributed by atoms with Crippen LogP contribution in [-0.2, 0) is 16.6 Å². The molecular formula is C20H30O. The Morgan fingerprint density at radius 2 is 1.76 bits per heavy atom. The Hall–Kier alpha value is -1.11. The van der Waals surface area contributed by atoms with Crippen molar-refractivity contribution in [2.45, 2.75) is 71.1 Å². The summed E-state index contributed by atoms with van der Waals surface area (Å²) in [5.74, 6) is 1.02. The van der Waals surface area contributed by atoms with E-state index < -0.39 is 0 Å². The highest BCUT2D eigenvalue weighted by Gasteiger charge is 2.26. The normalized spacial score (nSPS) is 18.4. The third-order valence-corrected chi connectivity index (χ3v) is 5.05. The summed E-state index contributed by atoms with van der Waals surface area (Å²) in [4.78, 5) is 10.8. The van der Waals surface area contributed by atoms with E-state index in [1.807, 2.05) is 6.92 Å². The van der Waals surface area contributed by atoms with Gasteiger partial charge in [0, 0.05) is 5.92 Å². The van der Waals surface area contributed by atoms with Crippen LogP contribution in [0.5, 0.6) is 0 Å². The van der Waals surface area contributed by atoms with E-state index in [4.69, 9.17) is 0 Å². The highest BCUT2D eigenvalue weighted by atomic mass is 16.1. The molecule has 0 aromatic heterocycles. The minimum absolute atomic E-state index is 0.117. The predicted octanol–water partition coefficient (Wildman–Crippen LogP) is 5.31. The van der Waals surface area contributed by atoms with Crippen LogP contribution in [0.2, 0.25) is 0 Å². The number of benzene rings is 1. The summed E-state index contributed by atoms with van der Waals surface area (Å²) in [7, 11) is 0. The van der Waals surface area contributed by atoms with Crippen LogP contribution in [0.1, 0.15) is 70.4 Å². The number of carbonyl (C=O) groups excluding carboxylic acids is 1. The fraction of sp³-hybridized carbons (Fsp3) is 0.650. The van der Waals surface area contributed by atoms with Gasteiger partial charge in [-0.1, -0.05) is 77.1 Å². The third-order valence-electron chi connectivity index (χ3n) is 5.05. The molecule has 1 aromatic rings. The van der Waals surface area contributed by atoms with E-state index in [-0.39, 0.29) is 11.3 Å². The molecule has 1 saturated carbocycles. The van der Waals surface area contributed by atoms with Crippen LogP contribution < -0.4 is 0 Å². The minimum atomic E-state index is 0.117. The van der Waals surface area contributed by atoms with Crippen LogP contribution in [0, 0.1) is 11.8 Å². The minimum Gasteiger partial charge on any atom is -0.303 e. The van der Waals surface area contributed by atoms with E-state index in [0.29, 0.717) is 0 Å². The number of hydrogen-bond acceptors (Lipinski definition) is 1. The summed E-state index contributed by atoms with van der Waals surface area (Å²) in [5, 5.41) is 0. The SMILES string of the molecule is CC(C=O)Cc1ccc(C(C)(C)CC2CCCCC2)cc1. The molecule has 1 aromatic carbocycles. The van der Waals surface area contributed by atoms with E-state index in [2.05, 4.69) is 38.1 Å². The Bertz CT molecular complexity index is 437. The monoisotopic (exact) mass is 286 g/mol. The van der Waals surface area contributed by atoms with E-state index >= 15 is 0 Å². The van der Waals surface area contributed by atoms with Gasteiger partial charge in [0.1, 0.15) is 6.29 Å². The molecule has 1 fully saturated rings. The molecular weight excluding hydrogens is 256 g/mol. The highest BCUT2D eigenvalue weighted by molar-refractivity contribution is 5.53. The van der Waals surface area contributed by atoms with Crippen LogP contribution in [0.3, 0.4) is 0 Å². The number of aldehydes is 1. The molecule has 1 unspecified atom stereocenters.